The molecule has 2 aromatic carbocycles. The van der Waals surface area contributed by atoms with Gasteiger partial charge < -0.3 is 9.88 Å². The first-order valence-electron chi connectivity index (χ1n) is 8.41. The summed E-state index contributed by atoms with van der Waals surface area (Å²) in [5.74, 6) is 1.48. The molecule has 0 fully saturated rings. The van der Waals surface area contributed by atoms with Crippen molar-refractivity contribution in [3.05, 3.63) is 73.2 Å². The predicted octanol–water partition coefficient (Wildman–Crippen LogP) is 4.52. The summed E-state index contributed by atoms with van der Waals surface area (Å²) in [6.07, 6.45) is 6.78. The second-order valence-corrected chi connectivity index (χ2v) is 9.00. The van der Waals surface area contributed by atoms with Crippen molar-refractivity contribution in [2.45, 2.75) is 0 Å². The molecule has 2 heterocycles. The normalized spacial score (nSPS) is 11.5. The van der Waals surface area contributed by atoms with Crippen LogP contribution in [0.2, 0.25) is 0 Å². The van der Waals surface area contributed by atoms with E-state index in [-0.39, 0.29) is 0 Å². The molecule has 1 N–H and O–H groups in total. The lowest BCUT2D eigenvalue weighted by Crippen LogP contribution is -2.00. The van der Waals surface area contributed by atoms with Crippen molar-refractivity contribution in [2.24, 2.45) is 4.36 Å². The van der Waals surface area contributed by atoms with E-state index in [0.29, 0.717) is 11.5 Å². The third kappa shape index (κ3) is 3.98. The minimum Gasteiger partial charge on any atom is -0.340 e. The van der Waals surface area contributed by atoms with Crippen LogP contribution < -0.4 is 5.32 Å². The van der Waals surface area contributed by atoms with Crippen LogP contribution in [0.25, 0.3) is 16.7 Å². The van der Waals surface area contributed by atoms with E-state index in [9.17, 15) is 4.21 Å². The van der Waals surface area contributed by atoms with E-state index in [1.54, 1.807) is 18.8 Å². The molecule has 0 unspecified atom stereocenters. The topological polar surface area (TPSA) is 72.2 Å². The summed E-state index contributed by atoms with van der Waals surface area (Å²) >= 11 is 0. The Labute approximate surface area is 158 Å². The maximum Gasteiger partial charge on any atom is 0.142 e. The Morgan fingerprint density at radius 2 is 1.78 bits per heavy atom. The van der Waals surface area contributed by atoms with Gasteiger partial charge in [0.15, 0.2) is 0 Å². The van der Waals surface area contributed by atoms with E-state index in [2.05, 4.69) is 37.8 Å². The lowest BCUT2D eigenvalue weighted by atomic mass is 10.2. The number of anilines is 2. The maximum atomic E-state index is 11.8. The Morgan fingerprint density at radius 3 is 2.56 bits per heavy atom. The molecule has 0 aliphatic rings. The molecule has 0 atom stereocenters. The van der Waals surface area contributed by atoms with Gasteiger partial charge in [0.05, 0.1) is 11.2 Å². The molecule has 0 spiro atoms. The summed E-state index contributed by atoms with van der Waals surface area (Å²) in [6.45, 7) is 0. The molecule has 0 bridgehead atoms. The van der Waals surface area contributed by atoms with Gasteiger partial charge in [-0.15, -0.1) is 0 Å². The second kappa shape index (κ2) is 6.85. The largest absolute Gasteiger partial charge is 0.340 e. The number of para-hydroxylation sites is 1. The Bertz CT molecular complexity index is 1210. The SMILES string of the molecule is CS(C)(=O)=Nc1ccc(Nc2cc(-n3ccc4ccccc43)ncn2)cc1. The molecule has 0 saturated carbocycles. The standard InChI is InChI=1S/C20H19N5OS/c1-27(2,26)24-17-9-7-16(8-10-17)23-19-13-20(22-14-21-19)25-12-11-15-5-3-4-6-18(15)25/h3-14H,1-2H3,(H,21,22,23). The van der Waals surface area contributed by atoms with Crippen LogP contribution in [0.5, 0.6) is 0 Å². The first kappa shape index (κ1) is 17.2. The molecule has 0 aliphatic carbocycles. The average molecular weight is 377 g/mol. The molecule has 2 aromatic heterocycles. The number of nitrogens with zero attached hydrogens (tertiary/aromatic N) is 4. The zero-order valence-corrected chi connectivity index (χ0v) is 15.9. The lowest BCUT2D eigenvalue weighted by molar-refractivity contribution is 0.684. The van der Waals surface area contributed by atoms with Crippen molar-refractivity contribution >= 4 is 37.8 Å². The molecular formula is C20H19N5OS. The van der Waals surface area contributed by atoms with Crippen LogP contribution in [-0.4, -0.2) is 31.3 Å². The number of rotatable bonds is 4. The Kier molecular flexibility index (Phi) is 4.37. The summed E-state index contributed by atoms with van der Waals surface area (Å²) in [4.78, 5) is 8.69. The molecule has 4 aromatic rings. The van der Waals surface area contributed by atoms with E-state index in [4.69, 9.17) is 0 Å². The molecule has 0 radical (unpaired) electrons. The number of benzene rings is 2. The quantitative estimate of drug-likeness (QED) is 0.567. The van der Waals surface area contributed by atoms with Gasteiger partial charge in [-0.3, -0.25) is 0 Å². The fraction of sp³-hybridized carbons (Fsp3) is 0.100. The number of hydrogen-bond donors (Lipinski definition) is 1. The van der Waals surface area contributed by atoms with E-state index in [0.717, 1.165) is 22.4 Å². The van der Waals surface area contributed by atoms with Crippen molar-refractivity contribution in [2.75, 3.05) is 17.8 Å². The van der Waals surface area contributed by atoms with Crippen LogP contribution in [0.3, 0.4) is 0 Å². The third-order valence-corrected chi connectivity index (χ3v) is 4.61. The summed E-state index contributed by atoms with van der Waals surface area (Å²) in [5, 5.41) is 4.43. The fourth-order valence-electron chi connectivity index (χ4n) is 2.84. The van der Waals surface area contributed by atoms with Gasteiger partial charge in [-0.1, -0.05) is 18.2 Å². The minimum atomic E-state index is -2.17. The molecule has 0 aliphatic heterocycles. The first-order valence-corrected chi connectivity index (χ1v) is 10.7. The van der Waals surface area contributed by atoms with Crippen molar-refractivity contribution < 1.29 is 4.21 Å². The van der Waals surface area contributed by atoms with E-state index >= 15 is 0 Å². The van der Waals surface area contributed by atoms with Crippen LogP contribution in [0.4, 0.5) is 17.2 Å². The highest BCUT2D eigenvalue weighted by atomic mass is 32.2. The van der Waals surface area contributed by atoms with E-state index < -0.39 is 9.73 Å². The van der Waals surface area contributed by atoms with Crippen LogP contribution in [-0.2, 0) is 9.73 Å². The minimum absolute atomic E-state index is 0.692. The first-order chi connectivity index (χ1) is 13.0. The number of nitrogens with one attached hydrogen (secondary N) is 1. The van der Waals surface area contributed by atoms with Crippen LogP contribution in [0.15, 0.2) is 77.6 Å². The van der Waals surface area contributed by atoms with Gasteiger partial charge in [0.25, 0.3) is 0 Å². The molecule has 0 amide bonds. The summed E-state index contributed by atoms with van der Waals surface area (Å²) < 4.78 is 18.0. The van der Waals surface area contributed by atoms with Crippen LogP contribution >= 0.6 is 0 Å². The third-order valence-electron chi connectivity index (χ3n) is 3.96. The second-order valence-electron chi connectivity index (χ2n) is 6.45. The van der Waals surface area contributed by atoms with Gasteiger partial charge >= 0.3 is 0 Å². The zero-order valence-electron chi connectivity index (χ0n) is 15.0. The number of aromatic nitrogens is 3. The van der Waals surface area contributed by atoms with Crippen LogP contribution in [0, 0.1) is 0 Å². The molecule has 0 saturated heterocycles. The average Bonchev–Trinajstić information content (AvgIpc) is 3.07. The van der Waals surface area contributed by atoms with Gasteiger partial charge in [-0.05, 0) is 41.8 Å². The van der Waals surface area contributed by atoms with Gasteiger partial charge in [0.1, 0.15) is 18.0 Å². The molecule has 7 heteroatoms. The summed E-state index contributed by atoms with van der Waals surface area (Å²) in [7, 11) is -2.17. The highest BCUT2D eigenvalue weighted by Gasteiger charge is 2.06. The lowest BCUT2D eigenvalue weighted by Gasteiger charge is -2.09. The molecule has 136 valence electrons. The molecule has 4 rings (SSSR count). The molecule has 27 heavy (non-hydrogen) atoms. The van der Waals surface area contributed by atoms with E-state index in [1.165, 1.54) is 0 Å². The Balaban J connectivity index is 1.61. The molecular weight excluding hydrogens is 358 g/mol. The van der Waals surface area contributed by atoms with Gasteiger partial charge in [-0.2, -0.15) is 4.36 Å². The van der Waals surface area contributed by atoms with Gasteiger partial charge in [-0.25, -0.2) is 14.2 Å². The highest BCUT2D eigenvalue weighted by molar-refractivity contribution is 7.92. The number of hydrogen-bond acceptors (Lipinski definition) is 5. The predicted molar refractivity (Wildman–Crippen MR) is 111 cm³/mol. The van der Waals surface area contributed by atoms with Gasteiger partial charge in [0, 0.05) is 40.2 Å². The summed E-state index contributed by atoms with van der Waals surface area (Å²) in [6, 6.07) is 19.6. The maximum absolute atomic E-state index is 11.8. The monoisotopic (exact) mass is 377 g/mol. The Morgan fingerprint density at radius 1 is 1.00 bits per heavy atom. The van der Waals surface area contributed by atoms with Crippen molar-refractivity contribution in [3.8, 4) is 5.82 Å². The van der Waals surface area contributed by atoms with Crippen molar-refractivity contribution in [1.29, 1.82) is 0 Å². The van der Waals surface area contributed by atoms with Gasteiger partial charge in [0.2, 0.25) is 0 Å². The molecule has 6 nitrogen and oxygen atoms in total. The van der Waals surface area contributed by atoms with E-state index in [1.807, 2.05) is 53.2 Å². The zero-order chi connectivity index (χ0) is 18.9. The fourth-order valence-corrected chi connectivity index (χ4v) is 3.47. The van der Waals surface area contributed by atoms with Crippen molar-refractivity contribution in [3.63, 3.8) is 0 Å². The van der Waals surface area contributed by atoms with Crippen molar-refractivity contribution in [1.82, 2.24) is 14.5 Å². The summed E-state index contributed by atoms with van der Waals surface area (Å²) in [5.41, 5.74) is 2.66. The smallest absolute Gasteiger partial charge is 0.142 e. The number of fused-ring (bicyclic) bond motifs is 1. The highest BCUT2D eigenvalue weighted by Crippen LogP contribution is 2.23. The van der Waals surface area contributed by atoms with Crippen LogP contribution in [0.1, 0.15) is 0 Å². The Hall–Kier alpha value is -3.19.